The number of aromatic nitrogens is 1. The van der Waals surface area contributed by atoms with Gasteiger partial charge in [0, 0.05) is 6.07 Å². The maximum atomic E-state index is 12.3. The summed E-state index contributed by atoms with van der Waals surface area (Å²) in [4.78, 5) is 11.6. The van der Waals surface area contributed by atoms with Crippen molar-refractivity contribution < 1.29 is 22.5 Å². The molecule has 9 heteroatoms. The number of amides is 1. The number of fused-ring (bicyclic) bond motifs is 1. The van der Waals surface area contributed by atoms with Gasteiger partial charge in [0.05, 0.1) is 10.6 Å². The monoisotopic (exact) mass is 323 g/mol. The molecule has 1 unspecified atom stereocenters. The van der Waals surface area contributed by atoms with Crippen LogP contribution in [0.5, 0.6) is 5.75 Å². The molecule has 1 aromatic heterocycles. The summed E-state index contributed by atoms with van der Waals surface area (Å²) in [6.07, 6.45) is -0.619. The molecule has 22 heavy (non-hydrogen) atoms. The summed E-state index contributed by atoms with van der Waals surface area (Å²) < 4.78 is 37.1. The Morgan fingerprint density at radius 1 is 1.32 bits per heavy atom. The molecule has 0 fully saturated rings. The number of hydrogen-bond donors (Lipinski definition) is 2. The van der Waals surface area contributed by atoms with Gasteiger partial charge in [0.2, 0.25) is 0 Å². The van der Waals surface area contributed by atoms with Crippen molar-refractivity contribution in [3.63, 3.8) is 0 Å². The average Bonchev–Trinajstić information content (AvgIpc) is 2.84. The predicted octanol–water partition coefficient (Wildman–Crippen LogP) is 1.50. The summed E-state index contributed by atoms with van der Waals surface area (Å²) in [6.45, 7) is 3.26. The van der Waals surface area contributed by atoms with Gasteiger partial charge in [-0.15, -0.1) is 0 Å². The molecule has 0 saturated heterocycles. The second kappa shape index (κ2) is 5.02. The van der Waals surface area contributed by atoms with Gasteiger partial charge in [0.1, 0.15) is 11.5 Å². The van der Waals surface area contributed by atoms with E-state index in [1.54, 1.807) is 13.8 Å². The Hall–Kier alpha value is -2.55. The Labute approximate surface area is 126 Å². The maximum Gasteiger partial charge on any atom is 0.265 e. The van der Waals surface area contributed by atoms with Crippen LogP contribution in [-0.4, -0.2) is 25.6 Å². The molecule has 0 saturated carbocycles. The van der Waals surface area contributed by atoms with Gasteiger partial charge < -0.3 is 14.6 Å². The van der Waals surface area contributed by atoms with Gasteiger partial charge in [-0.2, -0.15) is 0 Å². The van der Waals surface area contributed by atoms with E-state index < -0.39 is 16.1 Å². The largest absolute Gasteiger partial charge is 0.479 e. The number of sulfonamides is 1. The summed E-state index contributed by atoms with van der Waals surface area (Å²) in [5, 5.41) is 6.18. The molecule has 1 amide bonds. The lowest BCUT2D eigenvalue weighted by molar-refractivity contribution is -0.122. The molecule has 3 rings (SSSR count). The first-order valence-electron chi connectivity index (χ1n) is 6.43. The van der Waals surface area contributed by atoms with E-state index in [4.69, 9.17) is 9.26 Å². The molecule has 0 bridgehead atoms. The van der Waals surface area contributed by atoms with E-state index in [1.807, 2.05) is 0 Å². The van der Waals surface area contributed by atoms with Crippen molar-refractivity contribution >= 4 is 27.4 Å². The topological polar surface area (TPSA) is 111 Å². The van der Waals surface area contributed by atoms with Gasteiger partial charge >= 0.3 is 0 Å². The highest BCUT2D eigenvalue weighted by Gasteiger charge is 2.26. The van der Waals surface area contributed by atoms with E-state index in [-0.39, 0.29) is 16.6 Å². The standard InChI is InChI=1S/C13H13N3O5S/c1-7-5-12(15-21-7)16-22(18,19)9-3-4-11-10(6-9)14-13(17)8(2)20-11/h3-6,8H,1-2H3,(H,14,17)(H,15,16). The van der Waals surface area contributed by atoms with Gasteiger partial charge in [-0.25, -0.2) is 8.42 Å². The number of carbonyl (C=O) groups excluding carboxylic acids is 1. The number of nitrogens with one attached hydrogen (secondary N) is 2. The average molecular weight is 323 g/mol. The molecule has 8 nitrogen and oxygen atoms in total. The number of aryl methyl sites for hydroxylation is 1. The summed E-state index contributed by atoms with van der Waals surface area (Å²) in [6, 6.07) is 5.67. The fourth-order valence-corrected chi connectivity index (χ4v) is 2.98. The number of rotatable bonds is 3. The van der Waals surface area contributed by atoms with E-state index >= 15 is 0 Å². The zero-order valence-corrected chi connectivity index (χ0v) is 12.6. The number of ether oxygens (including phenoxy) is 1. The Bertz CT molecular complexity index is 843. The van der Waals surface area contributed by atoms with Crippen LogP contribution in [0.15, 0.2) is 33.7 Å². The number of anilines is 2. The smallest absolute Gasteiger partial charge is 0.265 e. The lowest BCUT2D eigenvalue weighted by Gasteiger charge is -2.23. The van der Waals surface area contributed by atoms with Crippen molar-refractivity contribution in [3.05, 3.63) is 30.0 Å². The molecule has 1 aromatic carbocycles. The van der Waals surface area contributed by atoms with Gasteiger partial charge in [-0.3, -0.25) is 9.52 Å². The molecule has 1 atom stereocenters. The van der Waals surface area contributed by atoms with Gasteiger partial charge in [0.25, 0.3) is 15.9 Å². The summed E-state index contributed by atoms with van der Waals surface area (Å²) >= 11 is 0. The molecule has 0 aliphatic carbocycles. The summed E-state index contributed by atoms with van der Waals surface area (Å²) in [5.41, 5.74) is 0.308. The third-order valence-electron chi connectivity index (χ3n) is 3.06. The zero-order chi connectivity index (χ0) is 15.9. The maximum absolute atomic E-state index is 12.3. The van der Waals surface area contributed by atoms with Crippen LogP contribution in [0, 0.1) is 6.92 Å². The molecule has 0 spiro atoms. The SMILES string of the molecule is Cc1cc(NS(=O)(=O)c2ccc3c(c2)NC(=O)C(C)O3)no1. The molecular weight excluding hydrogens is 310 g/mol. The molecule has 0 radical (unpaired) electrons. The Kier molecular flexibility index (Phi) is 3.28. The van der Waals surface area contributed by atoms with Crippen LogP contribution in [0.2, 0.25) is 0 Å². The van der Waals surface area contributed by atoms with Crippen LogP contribution in [-0.2, 0) is 14.8 Å². The minimum absolute atomic E-state index is 0.0228. The number of carbonyl (C=O) groups is 1. The molecular formula is C13H13N3O5S. The molecule has 116 valence electrons. The predicted molar refractivity (Wildman–Crippen MR) is 77.2 cm³/mol. The van der Waals surface area contributed by atoms with Crippen molar-refractivity contribution in [2.45, 2.75) is 24.8 Å². The van der Waals surface area contributed by atoms with E-state index in [0.717, 1.165) is 0 Å². The number of benzene rings is 1. The first-order chi connectivity index (χ1) is 10.3. The Morgan fingerprint density at radius 2 is 2.09 bits per heavy atom. The van der Waals surface area contributed by atoms with Crippen LogP contribution in [0.25, 0.3) is 0 Å². The molecule has 2 N–H and O–H groups in total. The van der Waals surface area contributed by atoms with Gasteiger partial charge in [-0.1, -0.05) is 5.16 Å². The second-order valence-corrected chi connectivity index (χ2v) is 6.52. The second-order valence-electron chi connectivity index (χ2n) is 4.84. The Balaban J connectivity index is 1.92. The highest BCUT2D eigenvalue weighted by molar-refractivity contribution is 7.92. The van der Waals surface area contributed by atoms with E-state index in [1.165, 1.54) is 24.3 Å². The van der Waals surface area contributed by atoms with Crippen LogP contribution in [0.4, 0.5) is 11.5 Å². The minimum Gasteiger partial charge on any atom is -0.479 e. The van der Waals surface area contributed by atoms with Crippen molar-refractivity contribution in [1.29, 1.82) is 0 Å². The number of hydrogen-bond acceptors (Lipinski definition) is 6. The fourth-order valence-electron chi connectivity index (χ4n) is 1.97. The molecule has 2 heterocycles. The highest BCUT2D eigenvalue weighted by atomic mass is 32.2. The van der Waals surface area contributed by atoms with Gasteiger partial charge in [-0.05, 0) is 32.0 Å². The third-order valence-corrected chi connectivity index (χ3v) is 4.41. The Morgan fingerprint density at radius 3 is 2.77 bits per heavy atom. The van der Waals surface area contributed by atoms with Gasteiger partial charge in [0.15, 0.2) is 11.9 Å². The lowest BCUT2D eigenvalue weighted by atomic mass is 10.2. The first kappa shape index (κ1) is 14.4. The quantitative estimate of drug-likeness (QED) is 0.885. The summed E-state index contributed by atoms with van der Waals surface area (Å²) in [5.74, 6) is 0.660. The van der Waals surface area contributed by atoms with Crippen LogP contribution in [0.1, 0.15) is 12.7 Å². The molecule has 1 aliphatic heterocycles. The van der Waals surface area contributed by atoms with Crippen LogP contribution in [0.3, 0.4) is 0 Å². The molecule has 2 aromatic rings. The number of nitrogens with zero attached hydrogens (tertiary/aromatic N) is 1. The van der Waals surface area contributed by atoms with E-state index in [2.05, 4.69) is 15.2 Å². The van der Waals surface area contributed by atoms with Crippen molar-refractivity contribution in [3.8, 4) is 5.75 Å². The van der Waals surface area contributed by atoms with Crippen LogP contribution < -0.4 is 14.8 Å². The summed E-state index contributed by atoms with van der Waals surface area (Å²) in [7, 11) is -3.84. The van der Waals surface area contributed by atoms with Crippen molar-refractivity contribution in [2.24, 2.45) is 0 Å². The highest BCUT2D eigenvalue weighted by Crippen LogP contribution is 2.32. The van der Waals surface area contributed by atoms with E-state index in [9.17, 15) is 13.2 Å². The zero-order valence-electron chi connectivity index (χ0n) is 11.8. The first-order valence-corrected chi connectivity index (χ1v) is 7.91. The molecule has 1 aliphatic rings. The van der Waals surface area contributed by atoms with Crippen molar-refractivity contribution in [1.82, 2.24) is 5.16 Å². The lowest BCUT2D eigenvalue weighted by Crippen LogP contribution is -2.34. The van der Waals surface area contributed by atoms with Crippen molar-refractivity contribution in [2.75, 3.05) is 10.0 Å². The fraction of sp³-hybridized carbons (Fsp3) is 0.231. The third kappa shape index (κ3) is 2.62. The normalized spacial score (nSPS) is 17.4. The van der Waals surface area contributed by atoms with E-state index in [0.29, 0.717) is 17.2 Å². The van der Waals surface area contributed by atoms with Crippen LogP contribution >= 0.6 is 0 Å². The minimum atomic E-state index is -3.84.